The lowest BCUT2D eigenvalue weighted by molar-refractivity contribution is -0.169. The Bertz CT molecular complexity index is 739. The third-order valence-corrected chi connectivity index (χ3v) is 5.06. The molecule has 0 bridgehead atoms. The first-order valence-corrected chi connectivity index (χ1v) is 9.36. The van der Waals surface area contributed by atoms with Crippen LogP contribution in [0.1, 0.15) is 18.4 Å². The normalized spacial score (nSPS) is 18.6. The van der Waals surface area contributed by atoms with Crippen molar-refractivity contribution in [3.8, 4) is 5.75 Å². The van der Waals surface area contributed by atoms with Gasteiger partial charge in [-0.05, 0) is 24.1 Å². The fourth-order valence-corrected chi connectivity index (χ4v) is 3.50. The van der Waals surface area contributed by atoms with Gasteiger partial charge in [-0.3, -0.25) is 0 Å². The third kappa shape index (κ3) is 4.28. The summed E-state index contributed by atoms with van der Waals surface area (Å²) in [4.78, 5) is 6.82. The summed E-state index contributed by atoms with van der Waals surface area (Å²) in [7, 11) is 1.67. The lowest BCUT2D eigenvalue weighted by Gasteiger charge is -2.37. The van der Waals surface area contributed by atoms with E-state index >= 15 is 0 Å². The summed E-state index contributed by atoms with van der Waals surface area (Å²) < 4.78 is 16.7. The fraction of sp³-hybridized carbons (Fsp3) is 0.526. The predicted octanol–water partition coefficient (Wildman–Crippen LogP) is 1.88. The standard InChI is InChI=1S/C19H25N5O3/c1-25-16-4-2-15(3-5-16)6-9-20-18-22-17(14-21-23-18)24-10-7-19(8-11-24)26-12-13-27-19/h2-5,14H,6-13H2,1H3,(H,20,22,23). The molecule has 0 unspecified atom stereocenters. The second kappa shape index (κ2) is 8.06. The second-order valence-electron chi connectivity index (χ2n) is 6.76. The lowest BCUT2D eigenvalue weighted by atomic mass is 10.0. The number of hydrogen-bond acceptors (Lipinski definition) is 8. The van der Waals surface area contributed by atoms with Gasteiger partial charge >= 0.3 is 0 Å². The van der Waals surface area contributed by atoms with Crippen molar-refractivity contribution in [2.45, 2.75) is 25.0 Å². The number of benzene rings is 1. The van der Waals surface area contributed by atoms with Gasteiger partial charge in [0, 0.05) is 32.5 Å². The van der Waals surface area contributed by atoms with E-state index in [1.54, 1.807) is 13.3 Å². The summed E-state index contributed by atoms with van der Waals surface area (Å²) in [6.07, 6.45) is 4.27. The van der Waals surface area contributed by atoms with E-state index in [0.29, 0.717) is 19.2 Å². The number of nitrogens with one attached hydrogen (secondary N) is 1. The number of rotatable bonds is 6. The lowest BCUT2D eigenvalue weighted by Crippen LogP contribution is -2.45. The van der Waals surface area contributed by atoms with Crippen molar-refractivity contribution in [3.63, 3.8) is 0 Å². The predicted molar refractivity (Wildman–Crippen MR) is 101 cm³/mol. The average Bonchev–Trinajstić information content (AvgIpc) is 3.17. The van der Waals surface area contributed by atoms with Gasteiger partial charge in [0.1, 0.15) is 5.75 Å². The molecule has 0 radical (unpaired) electrons. The summed E-state index contributed by atoms with van der Waals surface area (Å²) in [6, 6.07) is 8.06. The second-order valence-corrected chi connectivity index (χ2v) is 6.76. The zero-order valence-corrected chi connectivity index (χ0v) is 15.6. The zero-order chi connectivity index (χ0) is 18.5. The number of aromatic nitrogens is 3. The molecule has 1 aromatic carbocycles. The van der Waals surface area contributed by atoms with E-state index < -0.39 is 0 Å². The van der Waals surface area contributed by atoms with Crippen molar-refractivity contribution in [2.75, 3.05) is 50.2 Å². The van der Waals surface area contributed by atoms with Crippen molar-refractivity contribution in [1.82, 2.24) is 15.2 Å². The van der Waals surface area contributed by atoms with Gasteiger partial charge in [-0.1, -0.05) is 12.1 Å². The summed E-state index contributed by atoms with van der Waals surface area (Å²) >= 11 is 0. The molecule has 8 nitrogen and oxygen atoms in total. The van der Waals surface area contributed by atoms with Crippen LogP contribution in [-0.2, 0) is 15.9 Å². The van der Waals surface area contributed by atoms with Crippen LogP contribution in [0, 0.1) is 0 Å². The molecule has 1 N–H and O–H groups in total. The zero-order valence-electron chi connectivity index (χ0n) is 15.6. The van der Waals surface area contributed by atoms with Gasteiger partial charge in [0.25, 0.3) is 0 Å². The van der Waals surface area contributed by atoms with Crippen molar-refractivity contribution in [1.29, 1.82) is 0 Å². The SMILES string of the molecule is COc1ccc(CCNc2nncc(N3CCC4(CC3)OCCO4)n2)cc1. The monoisotopic (exact) mass is 371 g/mol. The van der Waals surface area contributed by atoms with Crippen molar-refractivity contribution >= 4 is 11.8 Å². The molecule has 144 valence electrons. The van der Waals surface area contributed by atoms with Gasteiger partial charge < -0.3 is 24.4 Å². The highest BCUT2D eigenvalue weighted by molar-refractivity contribution is 5.41. The van der Waals surface area contributed by atoms with E-state index in [0.717, 1.165) is 50.5 Å². The van der Waals surface area contributed by atoms with Gasteiger partial charge in [0.15, 0.2) is 11.6 Å². The molecule has 2 aliphatic heterocycles. The van der Waals surface area contributed by atoms with Gasteiger partial charge in [0.2, 0.25) is 5.95 Å². The number of piperidine rings is 1. The summed E-state index contributed by atoms with van der Waals surface area (Å²) in [5.74, 6) is 1.87. The molecule has 3 heterocycles. The van der Waals surface area contributed by atoms with Crippen LogP contribution in [0.3, 0.4) is 0 Å². The van der Waals surface area contributed by atoms with Crippen LogP contribution in [0.25, 0.3) is 0 Å². The van der Waals surface area contributed by atoms with Crippen LogP contribution >= 0.6 is 0 Å². The van der Waals surface area contributed by atoms with E-state index in [2.05, 4.69) is 37.5 Å². The Kier molecular flexibility index (Phi) is 5.35. The molecule has 1 aromatic heterocycles. The fourth-order valence-electron chi connectivity index (χ4n) is 3.50. The minimum atomic E-state index is -0.379. The highest BCUT2D eigenvalue weighted by Crippen LogP contribution is 2.32. The summed E-state index contributed by atoms with van der Waals surface area (Å²) in [5.41, 5.74) is 1.23. The van der Waals surface area contributed by atoms with Gasteiger partial charge in [-0.2, -0.15) is 10.1 Å². The first-order chi connectivity index (χ1) is 13.3. The van der Waals surface area contributed by atoms with E-state index in [9.17, 15) is 0 Å². The van der Waals surface area contributed by atoms with E-state index in [-0.39, 0.29) is 5.79 Å². The topological polar surface area (TPSA) is 81.6 Å². The summed E-state index contributed by atoms with van der Waals surface area (Å²) in [6.45, 7) is 3.80. The average molecular weight is 371 g/mol. The molecule has 8 heteroatoms. The quantitative estimate of drug-likeness (QED) is 0.824. The first kappa shape index (κ1) is 17.9. The molecule has 2 aromatic rings. The van der Waals surface area contributed by atoms with Gasteiger partial charge in [-0.15, -0.1) is 5.10 Å². The Morgan fingerprint density at radius 2 is 1.89 bits per heavy atom. The number of ether oxygens (including phenoxy) is 3. The first-order valence-electron chi connectivity index (χ1n) is 9.36. The van der Waals surface area contributed by atoms with Crippen LogP contribution < -0.4 is 15.0 Å². The Morgan fingerprint density at radius 3 is 2.59 bits per heavy atom. The van der Waals surface area contributed by atoms with Crippen molar-refractivity contribution < 1.29 is 14.2 Å². The molecule has 2 fully saturated rings. The summed E-state index contributed by atoms with van der Waals surface area (Å²) in [5, 5.41) is 11.5. The molecule has 2 saturated heterocycles. The highest BCUT2D eigenvalue weighted by Gasteiger charge is 2.40. The molecule has 0 amide bonds. The highest BCUT2D eigenvalue weighted by atomic mass is 16.7. The van der Waals surface area contributed by atoms with Gasteiger partial charge in [0.05, 0.1) is 26.5 Å². The van der Waals surface area contributed by atoms with Crippen LogP contribution in [0.5, 0.6) is 5.75 Å². The van der Waals surface area contributed by atoms with Crippen LogP contribution in [0.2, 0.25) is 0 Å². The minimum absolute atomic E-state index is 0.379. The largest absolute Gasteiger partial charge is 0.497 e. The molecular formula is C19H25N5O3. The van der Waals surface area contributed by atoms with Crippen molar-refractivity contribution in [3.05, 3.63) is 36.0 Å². The third-order valence-electron chi connectivity index (χ3n) is 5.06. The molecule has 27 heavy (non-hydrogen) atoms. The Morgan fingerprint density at radius 1 is 1.15 bits per heavy atom. The van der Waals surface area contributed by atoms with E-state index in [4.69, 9.17) is 14.2 Å². The van der Waals surface area contributed by atoms with E-state index in [1.165, 1.54) is 5.56 Å². The Hall–Kier alpha value is -2.45. The number of methoxy groups -OCH3 is 1. The molecule has 0 atom stereocenters. The number of hydrogen-bond donors (Lipinski definition) is 1. The van der Waals surface area contributed by atoms with Gasteiger partial charge in [-0.25, -0.2) is 0 Å². The number of anilines is 2. The molecule has 4 rings (SSSR count). The van der Waals surface area contributed by atoms with E-state index in [1.807, 2.05) is 12.1 Å². The smallest absolute Gasteiger partial charge is 0.244 e. The van der Waals surface area contributed by atoms with Crippen LogP contribution in [0.4, 0.5) is 11.8 Å². The van der Waals surface area contributed by atoms with Crippen molar-refractivity contribution in [2.24, 2.45) is 0 Å². The molecule has 1 spiro atoms. The number of nitrogens with zero attached hydrogens (tertiary/aromatic N) is 4. The molecule has 0 aliphatic carbocycles. The molecule has 2 aliphatic rings. The Balaban J connectivity index is 1.30. The Labute approximate surface area is 158 Å². The molecule has 0 saturated carbocycles. The van der Waals surface area contributed by atoms with Crippen LogP contribution in [0.15, 0.2) is 30.5 Å². The maximum Gasteiger partial charge on any atom is 0.244 e. The maximum absolute atomic E-state index is 5.78. The maximum atomic E-state index is 5.78. The van der Waals surface area contributed by atoms with Crippen LogP contribution in [-0.4, -0.2) is 60.9 Å². The molecular weight excluding hydrogens is 346 g/mol. The minimum Gasteiger partial charge on any atom is -0.497 e.